The van der Waals surface area contributed by atoms with Crippen LogP contribution in [0.25, 0.3) is 10.2 Å². The van der Waals surface area contributed by atoms with Crippen LogP contribution in [0.15, 0.2) is 18.2 Å². The molecular formula is C15H21N3OS. The molecule has 0 radical (unpaired) electrons. The normalized spacial score (nSPS) is 22.6. The van der Waals surface area contributed by atoms with E-state index in [1.165, 1.54) is 12.0 Å². The highest BCUT2D eigenvalue weighted by atomic mass is 32.1. The zero-order valence-electron chi connectivity index (χ0n) is 11.8. The number of hydrogen-bond donors (Lipinski definition) is 2. The molecule has 1 saturated heterocycles. The molecule has 0 amide bonds. The number of nitrogens with one attached hydrogen (secondary N) is 1. The van der Waals surface area contributed by atoms with Crippen molar-refractivity contribution in [2.75, 3.05) is 18.9 Å². The molecule has 20 heavy (non-hydrogen) atoms. The molecule has 1 aromatic carbocycles. The highest BCUT2D eigenvalue weighted by Crippen LogP contribution is 2.25. The van der Waals surface area contributed by atoms with Gasteiger partial charge in [-0.25, -0.2) is 4.98 Å². The Balaban J connectivity index is 1.56. The first-order valence-electron chi connectivity index (χ1n) is 7.23. The van der Waals surface area contributed by atoms with Gasteiger partial charge in [0.15, 0.2) is 5.13 Å². The molecule has 108 valence electrons. The quantitative estimate of drug-likeness (QED) is 0.889. The van der Waals surface area contributed by atoms with Crippen molar-refractivity contribution in [1.29, 1.82) is 0 Å². The Morgan fingerprint density at radius 1 is 1.50 bits per heavy atom. The van der Waals surface area contributed by atoms with Gasteiger partial charge < -0.3 is 15.8 Å². The molecule has 3 N–H and O–H groups in total. The van der Waals surface area contributed by atoms with Crippen LogP contribution in [0, 0.1) is 5.92 Å². The molecule has 0 aliphatic carbocycles. The topological polar surface area (TPSA) is 60.2 Å². The molecule has 2 atom stereocenters. The fourth-order valence-corrected chi connectivity index (χ4v) is 3.67. The van der Waals surface area contributed by atoms with Gasteiger partial charge in [-0.3, -0.25) is 0 Å². The van der Waals surface area contributed by atoms with Gasteiger partial charge in [-0.2, -0.15) is 0 Å². The molecule has 5 heteroatoms. The molecule has 2 aromatic rings. The van der Waals surface area contributed by atoms with E-state index in [1.54, 1.807) is 11.3 Å². The lowest BCUT2D eigenvalue weighted by Gasteiger charge is -2.17. The predicted molar refractivity (Wildman–Crippen MR) is 83.9 cm³/mol. The lowest BCUT2D eigenvalue weighted by atomic mass is 9.99. The SMILES string of the molecule is CCC1OCCC1CNCc1ccc2nc(N)sc2c1. The number of ether oxygens (including phenoxy) is 1. The number of aromatic nitrogens is 1. The Bertz CT molecular complexity index is 584. The van der Waals surface area contributed by atoms with Crippen molar-refractivity contribution in [2.45, 2.75) is 32.4 Å². The summed E-state index contributed by atoms with van der Waals surface area (Å²) in [6.45, 7) is 5.03. The summed E-state index contributed by atoms with van der Waals surface area (Å²) >= 11 is 1.55. The molecular weight excluding hydrogens is 270 g/mol. The minimum Gasteiger partial charge on any atom is -0.378 e. The van der Waals surface area contributed by atoms with Gasteiger partial charge in [-0.1, -0.05) is 24.3 Å². The van der Waals surface area contributed by atoms with Crippen molar-refractivity contribution in [3.8, 4) is 0 Å². The average Bonchev–Trinajstić information content (AvgIpc) is 3.03. The van der Waals surface area contributed by atoms with Gasteiger partial charge >= 0.3 is 0 Å². The molecule has 1 aromatic heterocycles. The van der Waals surface area contributed by atoms with Crippen molar-refractivity contribution < 1.29 is 4.74 Å². The maximum absolute atomic E-state index is 5.73. The number of benzene rings is 1. The summed E-state index contributed by atoms with van der Waals surface area (Å²) < 4.78 is 6.88. The van der Waals surface area contributed by atoms with Gasteiger partial charge in [-0.15, -0.1) is 0 Å². The summed E-state index contributed by atoms with van der Waals surface area (Å²) in [5, 5.41) is 4.19. The smallest absolute Gasteiger partial charge is 0.181 e. The third-order valence-corrected chi connectivity index (χ3v) is 4.80. The van der Waals surface area contributed by atoms with Gasteiger partial charge in [0.25, 0.3) is 0 Å². The van der Waals surface area contributed by atoms with Crippen molar-refractivity contribution in [3.63, 3.8) is 0 Å². The molecule has 1 aliphatic rings. The zero-order chi connectivity index (χ0) is 13.9. The summed E-state index contributed by atoms with van der Waals surface area (Å²) in [4.78, 5) is 4.28. The predicted octanol–water partition coefficient (Wildman–Crippen LogP) is 2.78. The van der Waals surface area contributed by atoms with Crippen LogP contribution in [0.2, 0.25) is 0 Å². The second-order valence-electron chi connectivity index (χ2n) is 5.35. The van der Waals surface area contributed by atoms with Crippen LogP contribution >= 0.6 is 11.3 Å². The minimum atomic E-state index is 0.436. The van der Waals surface area contributed by atoms with E-state index in [4.69, 9.17) is 10.5 Å². The average molecular weight is 291 g/mol. The number of nitrogen functional groups attached to an aromatic ring is 1. The van der Waals surface area contributed by atoms with Crippen molar-refractivity contribution >= 4 is 26.7 Å². The van der Waals surface area contributed by atoms with Crippen LogP contribution < -0.4 is 11.1 Å². The summed E-state index contributed by atoms with van der Waals surface area (Å²) in [5.41, 5.74) is 8.01. The Morgan fingerprint density at radius 2 is 2.40 bits per heavy atom. The fourth-order valence-electron chi connectivity index (χ4n) is 2.88. The molecule has 2 heterocycles. The summed E-state index contributed by atoms with van der Waals surface area (Å²) in [6, 6.07) is 6.35. The van der Waals surface area contributed by atoms with Crippen LogP contribution in [-0.2, 0) is 11.3 Å². The number of thiazole rings is 1. The molecule has 1 aliphatic heterocycles. The van der Waals surface area contributed by atoms with Gasteiger partial charge in [0.05, 0.1) is 16.3 Å². The van der Waals surface area contributed by atoms with Gasteiger partial charge in [-0.05, 0) is 36.5 Å². The van der Waals surface area contributed by atoms with E-state index in [1.807, 2.05) is 6.07 Å². The van der Waals surface area contributed by atoms with Crippen LogP contribution in [0.5, 0.6) is 0 Å². The van der Waals surface area contributed by atoms with Gasteiger partial charge in [0.1, 0.15) is 0 Å². The van der Waals surface area contributed by atoms with E-state index in [2.05, 4.69) is 29.4 Å². The molecule has 4 nitrogen and oxygen atoms in total. The van der Waals surface area contributed by atoms with Crippen molar-refractivity contribution in [2.24, 2.45) is 5.92 Å². The highest BCUT2D eigenvalue weighted by molar-refractivity contribution is 7.22. The third-order valence-electron chi connectivity index (χ3n) is 3.95. The first-order chi connectivity index (χ1) is 9.76. The number of rotatable bonds is 5. The summed E-state index contributed by atoms with van der Waals surface area (Å²) in [6.07, 6.45) is 2.72. The maximum atomic E-state index is 5.73. The molecule has 0 bridgehead atoms. The maximum Gasteiger partial charge on any atom is 0.181 e. The molecule has 0 spiro atoms. The first kappa shape index (κ1) is 13.8. The summed E-state index contributed by atoms with van der Waals surface area (Å²) in [5.74, 6) is 0.655. The van der Waals surface area contributed by atoms with E-state index in [-0.39, 0.29) is 0 Å². The fraction of sp³-hybridized carbons (Fsp3) is 0.533. The van der Waals surface area contributed by atoms with Crippen molar-refractivity contribution in [1.82, 2.24) is 10.3 Å². The van der Waals surface area contributed by atoms with E-state index in [0.29, 0.717) is 17.2 Å². The van der Waals surface area contributed by atoms with Crippen LogP contribution in [0.1, 0.15) is 25.3 Å². The standard InChI is InChI=1S/C15H21N3OS/c1-2-13-11(5-6-19-13)9-17-8-10-3-4-12-14(7-10)20-15(16)18-12/h3-4,7,11,13,17H,2,5-6,8-9H2,1H3,(H2,16,18). The monoisotopic (exact) mass is 291 g/mol. The number of anilines is 1. The van der Waals surface area contributed by atoms with E-state index in [9.17, 15) is 0 Å². The van der Waals surface area contributed by atoms with Crippen LogP contribution in [0.4, 0.5) is 5.13 Å². The van der Waals surface area contributed by atoms with E-state index >= 15 is 0 Å². The van der Waals surface area contributed by atoms with Gasteiger partial charge in [0, 0.05) is 19.7 Å². The highest BCUT2D eigenvalue weighted by Gasteiger charge is 2.25. The molecule has 0 saturated carbocycles. The largest absolute Gasteiger partial charge is 0.378 e. The first-order valence-corrected chi connectivity index (χ1v) is 8.05. The second kappa shape index (κ2) is 6.08. The Kier molecular flexibility index (Phi) is 4.19. The Hall–Kier alpha value is -1.17. The number of fused-ring (bicyclic) bond motifs is 1. The van der Waals surface area contributed by atoms with Crippen LogP contribution in [0.3, 0.4) is 0 Å². The number of nitrogens with two attached hydrogens (primary N) is 1. The number of nitrogens with zero attached hydrogens (tertiary/aromatic N) is 1. The second-order valence-corrected chi connectivity index (χ2v) is 6.41. The molecule has 3 rings (SSSR count). The van der Waals surface area contributed by atoms with E-state index < -0.39 is 0 Å². The Morgan fingerprint density at radius 3 is 3.25 bits per heavy atom. The van der Waals surface area contributed by atoms with Crippen LogP contribution in [-0.4, -0.2) is 24.2 Å². The molecule has 2 unspecified atom stereocenters. The van der Waals surface area contributed by atoms with Crippen molar-refractivity contribution in [3.05, 3.63) is 23.8 Å². The summed E-state index contributed by atoms with van der Waals surface area (Å²) in [7, 11) is 0. The lowest BCUT2D eigenvalue weighted by molar-refractivity contribution is 0.0872. The molecule has 1 fully saturated rings. The minimum absolute atomic E-state index is 0.436. The number of hydrogen-bond acceptors (Lipinski definition) is 5. The third kappa shape index (κ3) is 2.95. The Labute approximate surface area is 123 Å². The van der Waals surface area contributed by atoms with Gasteiger partial charge in [0.2, 0.25) is 0 Å². The lowest BCUT2D eigenvalue weighted by Crippen LogP contribution is -2.27. The zero-order valence-corrected chi connectivity index (χ0v) is 12.6. The van der Waals surface area contributed by atoms with E-state index in [0.717, 1.165) is 36.3 Å².